The topological polar surface area (TPSA) is 63.7 Å². The molecule has 130 valence electrons. The van der Waals surface area contributed by atoms with Gasteiger partial charge in [-0.1, -0.05) is 30.3 Å². The number of carbonyl (C=O) groups is 1. The van der Waals surface area contributed by atoms with Gasteiger partial charge in [-0.2, -0.15) is 4.31 Å². The quantitative estimate of drug-likeness (QED) is 0.772. The maximum atomic E-state index is 14.0. The number of rotatable bonds is 2. The zero-order valence-electron chi connectivity index (χ0n) is 13.3. The molecule has 0 amide bonds. The number of fused-ring (bicyclic) bond motifs is 2. The van der Waals surface area contributed by atoms with Gasteiger partial charge in [-0.15, -0.1) is 0 Å². The zero-order valence-corrected chi connectivity index (χ0v) is 14.1. The first-order chi connectivity index (χ1) is 11.9. The van der Waals surface area contributed by atoms with Crippen LogP contribution in [0.4, 0.5) is 4.39 Å². The van der Waals surface area contributed by atoms with Crippen molar-refractivity contribution in [1.29, 1.82) is 0 Å². The van der Waals surface area contributed by atoms with E-state index in [2.05, 4.69) is 0 Å². The van der Waals surface area contributed by atoms with Crippen LogP contribution < -0.4 is 0 Å². The van der Waals surface area contributed by atoms with Crippen LogP contribution in [0.1, 0.15) is 28.8 Å². The molecule has 4 rings (SSSR count). The lowest BCUT2D eigenvalue weighted by molar-refractivity contribution is -0.0345. The number of nitrogens with zero attached hydrogens (tertiary/aromatic N) is 1. The Morgan fingerprint density at radius 2 is 1.80 bits per heavy atom. The molecule has 2 aliphatic rings. The lowest BCUT2D eigenvalue weighted by atomic mass is 9.86. The number of piperidine rings is 1. The average molecular weight is 361 g/mol. The normalized spacial score (nSPS) is 23.5. The number of benzene rings is 2. The SMILES string of the molecule is O=C1OC2(CCCN(S(=O)(=O)c3ccccc3F)C2)c2ccccc21. The second-order valence-electron chi connectivity index (χ2n) is 6.30. The average Bonchev–Trinajstić information content (AvgIpc) is 2.87. The van der Waals surface area contributed by atoms with E-state index in [4.69, 9.17) is 4.74 Å². The van der Waals surface area contributed by atoms with Crippen molar-refractivity contribution in [3.63, 3.8) is 0 Å². The third-order valence-corrected chi connectivity index (χ3v) is 6.68. The van der Waals surface area contributed by atoms with Gasteiger partial charge >= 0.3 is 5.97 Å². The van der Waals surface area contributed by atoms with Gasteiger partial charge in [-0.25, -0.2) is 17.6 Å². The first kappa shape index (κ1) is 16.2. The van der Waals surface area contributed by atoms with Gasteiger partial charge in [-0.05, 0) is 31.0 Å². The maximum absolute atomic E-state index is 14.0. The fourth-order valence-electron chi connectivity index (χ4n) is 3.63. The van der Waals surface area contributed by atoms with E-state index >= 15 is 0 Å². The summed E-state index contributed by atoms with van der Waals surface area (Å²) in [7, 11) is -4.01. The number of sulfonamides is 1. The van der Waals surface area contributed by atoms with Crippen LogP contribution in [0.5, 0.6) is 0 Å². The molecule has 0 aliphatic carbocycles. The van der Waals surface area contributed by atoms with E-state index in [1.165, 1.54) is 22.5 Å². The van der Waals surface area contributed by atoms with Crippen LogP contribution in [0.3, 0.4) is 0 Å². The van der Waals surface area contributed by atoms with Gasteiger partial charge in [0.2, 0.25) is 10.0 Å². The molecule has 0 bridgehead atoms. The maximum Gasteiger partial charge on any atom is 0.339 e. The first-order valence-electron chi connectivity index (χ1n) is 8.02. The third-order valence-electron chi connectivity index (χ3n) is 4.80. The Kier molecular flexibility index (Phi) is 3.66. The molecule has 2 aromatic carbocycles. The summed E-state index contributed by atoms with van der Waals surface area (Å²) in [6.45, 7) is 0.255. The molecule has 1 spiro atoms. The molecule has 2 heterocycles. The molecule has 1 saturated heterocycles. The molecule has 0 N–H and O–H groups in total. The molecule has 7 heteroatoms. The highest BCUT2D eigenvalue weighted by Gasteiger charge is 2.50. The Morgan fingerprint density at radius 3 is 2.60 bits per heavy atom. The van der Waals surface area contributed by atoms with E-state index in [1.54, 1.807) is 24.3 Å². The van der Waals surface area contributed by atoms with Crippen molar-refractivity contribution < 1.29 is 22.3 Å². The van der Waals surface area contributed by atoms with Gasteiger partial charge in [0, 0.05) is 12.1 Å². The first-order valence-corrected chi connectivity index (χ1v) is 9.46. The van der Waals surface area contributed by atoms with Gasteiger partial charge < -0.3 is 4.74 Å². The molecule has 1 atom stereocenters. The highest BCUT2D eigenvalue weighted by Crippen LogP contribution is 2.43. The van der Waals surface area contributed by atoms with Crippen LogP contribution in [0.25, 0.3) is 0 Å². The molecule has 0 radical (unpaired) electrons. The summed E-state index contributed by atoms with van der Waals surface area (Å²) in [6.07, 6.45) is 1.06. The lowest BCUT2D eigenvalue weighted by Gasteiger charge is -2.38. The summed E-state index contributed by atoms with van der Waals surface area (Å²) < 4.78 is 46.6. The highest BCUT2D eigenvalue weighted by molar-refractivity contribution is 7.89. The minimum atomic E-state index is -4.01. The zero-order chi connectivity index (χ0) is 17.7. The van der Waals surface area contributed by atoms with E-state index in [1.807, 2.05) is 0 Å². The Hall–Kier alpha value is -2.25. The van der Waals surface area contributed by atoms with E-state index in [9.17, 15) is 17.6 Å². The summed E-state index contributed by atoms with van der Waals surface area (Å²) in [5.41, 5.74) is 0.172. The van der Waals surface area contributed by atoms with Crippen molar-refractivity contribution in [3.8, 4) is 0 Å². The summed E-state index contributed by atoms with van der Waals surface area (Å²) >= 11 is 0. The number of carbonyl (C=O) groups excluding carboxylic acids is 1. The molecule has 0 saturated carbocycles. The molecule has 0 aromatic heterocycles. The minimum Gasteiger partial charge on any atom is -0.449 e. The molecule has 1 fully saturated rings. The summed E-state index contributed by atoms with van der Waals surface area (Å²) in [5, 5.41) is 0. The van der Waals surface area contributed by atoms with Gasteiger partial charge in [0.25, 0.3) is 0 Å². The minimum absolute atomic E-state index is 0.00752. The fraction of sp³-hybridized carbons (Fsp3) is 0.278. The van der Waals surface area contributed by atoms with Crippen LogP contribution in [-0.4, -0.2) is 31.8 Å². The molecular weight excluding hydrogens is 345 g/mol. The Morgan fingerprint density at radius 1 is 1.08 bits per heavy atom. The Labute approximate surface area is 145 Å². The second-order valence-corrected chi connectivity index (χ2v) is 8.21. The van der Waals surface area contributed by atoms with Crippen LogP contribution in [-0.2, 0) is 20.4 Å². The molecule has 2 aliphatic heterocycles. The van der Waals surface area contributed by atoms with E-state index in [0.29, 0.717) is 24.0 Å². The smallest absolute Gasteiger partial charge is 0.339 e. The van der Waals surface area contributed by atoms with Crippen molar-refractivity contribution in [3.05, 3.63) is 65.5 Å². The number of ether oxygens (including phenoxy) is 1. The fourth-order valence-corrected chi connectivity index (χ4v) is 5.22. The van der Waals surface area contributed by atoms with E-state index < -0.39 is 27.4 Å². The van der Waals surface area contributed by atoms with Crippen molar-refractivity contribution in [2.24, 2.45) is 0 Å². The Bertz CT molecular complexity index is 959. The predicted molar refractivity (Wildman–Crippen MR) is 87.9 cm³/mol. The largest absolute Gasteiger partial charge is 0.449 e. The standard InChI is InChI=1S/C18H16FNO4S/c19-15-8-3-4-9-16(15)25(22,23)20-11-5-10-18(12-20)14-7-2-1-6-13(14)17(21)24-18/h1-4,6-9H,5,10-12H2. The summed E-state index contributed by atoms with van der Waals surface area (Å²) in [6, 6.07) is 12.3. The molecule has 1 unspecified atom stereocenters. The summed E-state index contributed by atoms with van der Waals surface area (Å²) in [4.78, 5) is 11.8. The summed E-state index contributed by atoms with van der Waals surface area (Å²) in [5.74, 6) is -1.23. The number of hydrogen-bond donors (Lipinski definition) is 0. The number of hydrogen-bond acceptors (Lipinski definition) is 4. The predicted octanol–water partition coefficient (Wildman–Crippen LogP) is 2.68. The molecule has 25 heavy (non-hydrogen) atoms. The van der Waals surface area contributed by atoms with Crippen molar-refractivity contribution in [2.45, 2.75) is 23.3 Å². The van der Waals surface area contributed by atoms with Crippen LogP contribution >= 0.6 is 0 Å². The lowest BCUT2D eigenvalue weighted by Crippen LogP contribution is -2.48. The van der Waals surface area contributed by atoms with Crippen molar-refractivity contribution >= 4 is 16.0 Å². The van der Waals surface area contributed by atoms with Gasteiger partial charge in [0.15, 0.2) is 5.60 Å². The van der Waals surface area contributed by atoms with Crippen molar-refractivity contribution in [1.82, 2.24) is 4.31 Å². The Balaban J connectivity index is 1.74. The van der Waals surface area contributed by atoms with Gasteiger partial charge in [0.1, 0.15) is 10.7 Å². The second kappa shape index (κ2) is 5.64. The monoisotopic (exact) mass is 361 g/mol. The van der Waals surface area contributed by atoms with E-state index in [-0.39, 0.29) is 18.0 Å². The van der Waals surface area contributed by atoms with Crippen LogP contribution in [0.15, 0.2) is 53.4 Å². The number of halogens is 1. The van der Waals surface area contributed by atoms with Gasteiger partial charge in [0.05, 0.1) is 12.1 Å². The van der Waals surface area contributed by atoms with Crippen LogP contribution in [0.2, 0.25) is 0 Å². The highest BCUT2D eigenvalue weighted by atomic mass is 32.2. The van der Waals surface area contributed by atoms with Crippen LogP contribution in [0, 0.1) is 5.82 Å². The van der Waals surface area contributed by atoms with Crippen molar-refractivity contribution in [2.75, 3.05) is 13.1 Å². The molecular formula is C18H16FNO4S. The number of esters is 1. The molecule has 5 nitrogen and oxygen atoms in total. The molecule has 2 aromatic rings. The van der Waals surface area contributed by atoms with E-state index in [0.717, 1.165) is 6.07 Å². The van der Waals surface area contributed by atoms with Gasteiger partial charge in [-0.3, -0.25) is 0 Å². The third kappa shape index (κ3) is 2.46.